The van der Waals surface area contributed by atoms with Crippen molar-refractivity contribution in [3.05, 3.63) is 0 Å². The van der Waals surface area contributed by atoms with E-state index < -0.39 is 26.0 Å². The first kappa shape index (κ1) is 16.3. The molecule has 16 heavy (non-hydrogen) atoms. The zero-order valence-corrected chi connectivity index (χ0v) is 11.5. The van der Waals surface area contributed by atoms with Gasteiger partial charge in [0.05, 0.1) is 10.8 Å². The van der Waals surface area contributed by atoms with E-state index >= 15 is 0 Å². The number of rotatable bonds is 6. The summed E-state index contributed by atoms with van der Waals surface area (Å²) in [5, 5.41) is -1.41. The van der Waals surface area contributed by atoms with Crippen molar-refractivity contribution in [3.63, 3.8) is 0 Å². The summed E-state index contributed by atoms with van der Waals surface area (Å²) >= 11 is 0. The van der Waals surface area contributed by atoms with E-state index in [1.807, 2.05) is 0 Å². The quantitative estimate of drug-likeness (QED) is 0.548. The Labute approximate surface area is 95.4 Å². The minimum Gasteiger partial charge on any atom is -0.324 e. The Bertz CT molecular complexity index is 314. The molecule has 1 unspecified atom stereocenters. The van der Waals surface area contributed by atoms with Crippen LogP contribution in [0.2, 0.25) is 0 Å². The largest absolute Gasteiger partial charge is 0.331 e. The zero-order chi connectivity index (χ0) is 13.2. The van der Waals surface area contributed by atoms with E-state index in [0.717, 1.165) is 0 Å². The molecule has 0 aliphatic heterocycles. The summed E-state index contributed by atoms with van der Waals surface area (Å²) in [7, 11) is -8.66. The second-order valence-corrected chi connectivity index (χ2v) is 8.80. The van der Waals surface area contributed by atoms with Crippen LogP contribution in [0, 0.1) is 0 Å². The fraction of sp³-hybridized carbons (Fsp3) is 1.00. The number of hydrogen-bond acceptors (Lipinski definition) is 2. The standard InChI is InChI=1S/C8H20O6P2/c1-4-5-7(15(9,10)11)6-8(2,3)16(12,13)14/h7H,4-6H2,1-3H3,(H2,9,10,11)(H2,12,13,14). The molecule has 0 amide bonds. The Hall–Kier alpha value is 0.300. The van der Waals surface area contributed by atoms with Gasteiger partial charge in [0.15, 0.2) is 0 Å². The summed E-state index contributed by atoms with van der Waals surface area (Å²) in [5.41, 5.74) is -0.986. The Morgan fingerprint density at radius 2 is 1.56 bits per heavy atom. The van der Waals surface area contributed by atoms with Crippen molar-refractivity contribution in [1.29, 1.82) is 0 Å². The summed E-state index contributed by atoms with van der Waals surface area (Å²) in [6, 6.07) is 0. The molecule has 0 aliphatic carbocycles. The Kier molecular flexibility index (Phi) is 5.40. The van der Waals surface area contributed by atoms with Crippen LogP contribution in [0.15, 0.2) is 0 Å². The van der Waals surface area contributed by atoms with Gasteiger partial charge in [-0.15, -0.1) is 0 Å². The lowest BCUT2D eigenvalue weighted by molar-refractivity contribution is 0.313. The van der Waals surface area contributed by atoms with Crippen molar-refractivity contribution < 1.29 is 28.7 Å². The van der Waals surface area contributed by atoms with Gasteiger partial charge in [0.2, 0.25) is 0 Å². The highest BCUT2D eigenvalue weighted by atomic mass is 31.2. The molecular formula is C8H20O6P2. The highest BCUT2D eigenvalue weighted by Crippen LogP contribution is 2.57. The lowest BCUT2D eigenvalue weighted by atomic mass is 10.0. The molecule has 0 heterocycles. The molecule has 8 heteroatoms. The van der Waals surface area contributed by atoms with Crippen LogP contribution in [-0.2, 0) is 9.13 Å². The van der Waals surface area contributed by atoms with E-state index in [4.69, 9.17) is 19.6 Å². The molecular weight excluding hydrogens is 254 g/mol. The van der Waals surface area contributed by atoms with Gasteiger partial charge in [-0.25, -0.2) is 0 Å². The molecule has 0 saturated heterocycles. The van der Waals surface area contributed by atoms with Crippen molar-refractivity contribution >= 4 is 15.2 Å². The molecule has 1 atom stereocenters. The van der Waals surface area contributed by atoms with Gasteiger partial charge in [0.25, 0.3) is 0 Å². The fourth-order valence-electron chi connectivity index (χ4n) is 1.42. The maximum atomic E-state index is 11.2. The van der Waals surface area contributed by atoms with E-state index in [0.29, 0.717) is 6.42 Å². The molecule has 0 aromatic heterocycles. The first-order valence-corrected chi connectivity index (χ1v) is 8.32. The summed E-state index contributed by atoms with van der Waals surface area (Å²) in [6.07, 6.45) is 0.635. The topological polar surface area (TPSA) is 115 Å². The minimum atomic E-state index is -4.36. The first-order valence-electron chi connectivity index (χ1n) is 5.02. The van der Waals surface area contributed by atoms with Crippen LogP contribution >= 0.6 is 15.2 Å². The predicted molar refractivity (Wildman–Crippen MR) is 61.5 cm³/mol. The van der Waals surface area contributed by atoms with E-state index in [2.05, 4.69) is 0 Å². The summed E-state index contributed by atoms with van der Waals surface area (Å²) in [4.78, 5) is 36.4. The summed E-state index contributed by atoms with van der Waals surface area (Å²) in [6.45, 7) is 4.42. The van der Waals surface area contributed by atoms with Crippen molar-refractivity contribution in [2.45, 2.75) is 50.8 Å². The van der Waals surface area contributed by atoms with Crippen molar-refractivity contribution in [1.82, 2.24) is 0 Å². The molecule has 0 bridgehead atoms. The van der Waals surface area contributed by atoms with Gasteiger partial charge in [-0.05, 0) is 26.7 Å². The van der Waals surface area contributed by atoms with Crippen LogP contribution in [0.3, 0.4) is 0 Å². The summed E-state index contributed by atoms with van der Waals surface area (Å²) < 4.78 is 22.3. The third-order valence-electron chi connectivity index (χ3n) is 2.62. The van der Waals surface area contributed by atoms with Gasteiger partial charge in [-0.3, -0.25) is 9.13 Å². The molecule has 0 spiro atoms. The van der Waals surface area contributed by atoms with Crippen LogP contribution in [0.4, 0.5) is 0 Å². The number of hydrogen-bond donors (Lipinski definition) is 4. The third-order valence-corrected chi connectivity index (χ3v) is 5.77. The maximum absolute atomic E-state index is 11.2. The van der Waals surface area contributed by atoms with Crippen LogP contribution in [0.1, 0.15) is 40.0 Å². The van der Waals surface area contributed by atoms with Gasteiger partial charge >= 0.3 is 15.2 Å². The van der Waals surface area contributed by atoms with Crippen LogP contribution in [-0.4, -0.2) is 30.4 Å². The highest BCUT2D eigenvalue weighted by Gasteiger charge is 2.43. The SMILES string of the molecule is CCCC(CC(C)(C)P(=O)(O)O)P(=O)(O)O. The molecule has 0 rings (SSSR count). The molecule has 4 N–H and O–H groups in total. The van der Waals surface area contributed by atoms with E-state index in [-0.39, 0.29) is 12.8 Å². The second-order valence-electron chi connectivity index (χ2n) is 4.59. The second kappa shape index (κ2) is 5.30. The van der Waals surface area contributed by atoms with E-state index in [9.17, 15) is 9.13 Å². The molecule has 0 aromatic rings. The maximum Gasteiger partial charge on any atom is 0.331 e. The molecule has 6 nitrogen and oxygen atoms in total. The lowest BCUT2D eigenvalue weighted by Crippen LogP contribution is -2.27. The highest BCUT2D eigenvalue weighted by molar-refractivity contribution is 7.54. The smallest absolute Gasteiger partial charge is 0.324 e. The van der Waals surface area contributed by atoms with Gasteiger partial charge in [0, 0.05) is 0 Å². The molecule has 0 aromatic carbocycles. The van der Waals surface area contributed by atoms with E-state index in [1.54, 1.807) is 6.92 Å². The van der Waals surface area contributed by atoms with Crippen LogP contribution in [0.5, 0.6) is 0 Å². The molecule has 0 fully saturated rings. The molecule has 0 saturated carbocycles. The van der Waals surface area contributed by atoms with Gasteiger partial charge < -0.3 is 19.6 Å². The Balaban J connectivity index is 4.91. The van der Waals surface area contributed by atoms with Gasteiger partial charge in [-0.1, -0.05) is 13.3 Å². The molecule has 98 valence electrons. The average molecular weight is 274 g/mol. The zero-order valence-electron chi connectivity index (χ0n) is 9.70. The Morgan fingerprint density at radius 1 is 1.12 bits per heavy atom. The van der Waals surface area contributed by atoms with Crippen molar-refractivity contribution in [3.8, 4) is 0 Å². The van der Waals surface area contributed by atoms with E-state index in [1.165, 1.54) is 13.8 Å². The van der Waals surface area contributed by atoms with Gasteiger partial charge in [0.1, 0.15) is 0 Å². The van der Waals surface area contributed by atoms with Crippen LogP contribution in [0.25, 0.3) is 0 Å². The van der Waals surface area contributed by atoms with Crippen molar-refractivity contribution in [2.24, 2.45) is 0 Å². The average Bonchev–Trinajstić information content (AvgIpc) is 1.99. The monoisotopic (exact) mass is 274 g/mol. The first-order chi connectivity index (χ1) is 6.92. The normalized spacial score (nSPS) is 16.2. The molecule has 0 radical (unpaired) electrons. The Morgan fingerprint density at radius 3 is 1.81 bits per heavy atom. The minimum absolute atomic E-state index is 0.185. The van der Waals surface area contributed by atoms with Crippen LogP contribution < -0.4 is 0 Å². The summed E-state index contributed by atoms with van der Waals surface area (Å²) in [5.74, 6) is 0. The molecule has 0 aliphatic rings. The predicted octanol–water partition coefficient (Wildman–Crippen LogP) is 1.68. The third kappa shape index (κ3) is 4.66. The van der Waals surface area contributed by atoms with Gasteiger partial charge in [-0.2, -0.15) is 0 Å². The van der Waals surface area contributed by atoms with Crippen molar-refractivity contribution in [2.75, 3.05) is 0 Å². The lowest BCUT2D eigenvalue weighted by Gasteiger charge is -2.30. The fourth-order valence-corrected chi connectivity index (χ4v) is 3.31.